The zero-order valence-electron chi connectivity index (χ0n) is 14.1. The molecule has 0 spiro atoms. The molecule has 7 heteroatoms. The van der Waals surface area contributed by atoms with Crippen molar-refractivity contribution in [3.63, 3.8) is 0 Å². The van der Waals surface area contributed by atoms with E-state index in [1.165, 1.54) is 6.20 Å². The van der Waals surface area contributed by atoms with E-state index in [9.17, 15) is 4.79 Å². The van der Waals surface area contributed by atoms with Crippen LogP contribution in [0.5, 0.6) is 11.5 Å². The summed E-state index contributed by atoms with van der Waals surface area (Å²) in [5.41, 5.74) is 2.25. The Balaban J connectivity index is 1.44. The first-order valence-electron chi connectivity index (χ1n) is 8.15. The van der Waals surface area contributed by atoms with Crippen LogP contribution in [-0.4, -0.2) is 17.7 Å². The topological polar surface area (TPSA) is 96.3 Å². The molecular weight excluding hydrogens is 344 g/mol. The number of carbonyl (C=O) groups excluding carboxylic acids is 1. The van der Waals surface area contributed by atoms with Gasteiger partial charge in [-0.1, -0.05) is 6.07 Å². The SMILES string of the molecule is N#Cc1cccc(NC(=O)c2ccc(Nc3ccc4c(c3)OCO4)nc2)c1. The van der Waals surface area contributed by atoms with Gasteiger partial charge < -0.3 is 20.1 Å². The van der Waals surface area contributed by atoms with E-state index in [-0.39, 0.29) is 12.7 Å². The Kier molecular flexibility index (Phi) is 4.29. The molecule has 2 N–H and O–H groups in total. The average Bonchev–Trinajstić information content (AvgIpc) is 3.16. The monoisotopic (exact) mass is 358 g/mol. The van der Waals surface area contributed by atoms with Gasteiger partial charge in [-0.3, -0.25) is 4.79 Å². The van der Waals surface area contributed by atoms with E-state index in [1.54, 1.807) is 36.4 Å². The second-order valence-corrected chi connectivity index (χ2v) is 5.77. The van der Waals surface area contributed by atoms with E-state index in [4.69, 9.17) is 14.7 Å². The van der Waals surface area contributed by atoms with Crippen molar-refractivity contribution in [3.05, 3.63) is 71.9 Å². The van der Waals surface area contributed by atoms with Crippen molar-refractivity contribution in [1.82, 2.24) is 4.98 Å². The number of ether oxygens (including phenoxy) is 2. The molecule has 0 fully saturated rings. The smallest absolute Gasteiger partial charge is 0.257 e. The minimum Gasteiger partial charge on any atom is -0.454 e. The van der Waals surface area contributed by atoms with Crippen LogP contribution >= 0.6 is 0 Å². The maximum Gasteiger partial charge on any atom is 0.257 e. The van der Waals surface area contributed by atoms with E-state index in [0.717, 1.165) is 5.69 Å². The van der Waals surface area contributed by atoms with Gasteiger partial charge in [0.05, 0.1) is 17.2 Å². The van der Waals surface area contributed by atoms with Crippen molar-refractivity contribution in [2.75, 3.05) is 17.4 Å². The number of nitrogens with zero attached hydrogens (tertiary/aromatic N) is 2. The first kappa shape index (κ1) is 16.4. The van der Waals surface area contributed by atoms with Crippen LogP contribution in [0.25, 0.3) is 0 Å². The third-order valence-corrected chi connectivity index (χ3v) is 3.92. The molecule has 0 saturated carbocycles. The van der Waals surface area contributed by atoms with Crippen LogP contribution in [0.4, 0.5) is 17.2 Å². The number of anilines is 3. The van der Waals surface area contributed by atoms with Crippen molar-refractivity contribution in [1.29, 1.82) is 5.26 Å². The van der Waals surface area contributed by atoms with Crippen LogP contribution in [0.2, 0.25) is 0 Å². The fourth-order valence-electron chi connectivity index (χ4n) is 2.59. The molecule has 0 bridgehead atoms. The van der Waals surface area contributed by atoms with E-state index in [0.29, 0.717) is 34.1 Å². The number of nitriles is 1. The van der Waals surface area contributed by atoms with Crippen molar-refractivity contribution >= 4 is 23.1 Å². The number of hydrogen-bond donors (Lipinski definition) is 2. The standard InChI is InChI=1S/C20H14N4O3/c21-10-13-2-1-3-15(8-13)24-20(25)14-4-7-19(22-11-14)23-16-5-6-17-18(9-16)27-12-26-17/h1-9,11H,12H2,(H,22,23)(H,24,25). The Morgan fingerprint density at radius 1 is 1.04 bits per heavy atom. The highest BCUT2D eigenvalue weighted by atomic mass is 16.7. The van der Waals surface area contributed by atoms with Crippen molar-refractivity contribution in [2.24, 2.45) is 0 Å². The highest BCUT2D eigenvalue weighted by Gasteiger charge is 2.13. The molecule has 4 rings (SSSR count). The summed E-state index contributed by atoms with van der Waals surface area (Å²) in [5, 5.41) is 14.8. The molecule has 1 aromatic heterocycles. The zero-order chi connectivity index (χ0) is 18.6. The quantitative estimate of drug-likeness (QED) is 0.738. The van der Waals surface area contributed by atoms with Crippen molar-refractivity contribution in [2.45, 2.75) is 0 Å². The van der Waals surface area contributed by atoms with Gasteiger partial charge in [-0.25, -0.2) is 4.98 Å². The number of rotatable bonds is 4. The number of benzene rings is 2. The van der Waals surface area contributed by atoms with E-state index < -0.39 is 0 Å². The van der Waals surface area contributed by atoms with Crippen LogP contribution in [0.1, 0.15) is 15.9 Å². The normalized spacial score (nSPS) is 11.5. The van der Waals surface area contributed by atoms with Gasteiger partial charge in [-0.2, -0.15) is 5.26 Å². The molecule has 1 aliphatic heterocycles. The first-order valence-corrected chi connectivity index (χ1v) is 8.15. The summed E-state index contributed by atoms with van der Waals surface area (Å²) in [7, 11) is 0. The second-order valence-electron chi connectivity index (χ2n) is 5.77. The van der Waals surface area contributed by atoms with Gasteiger partial charge in [0.2, 0.25) is 6.79 Å². The van der Waals surface area contributed by atoms with Crippen LogP contribution in [0, 0.1) is 11.3 Å². The lowest BCUT2D eigenvalue weighted by Gasteiger charge is -2.08. The van der Waals surface area contributed by atoms with Crippen LogP contribution in [0.15, 0.2) is 60.8 Å². The molecule has 7 nitrogen and oxygen atoms in total. The Morgan fingerprint density at radius 2 is 1.93 bits per heavy atom. The van der Waals surface area contributed by atoms with Gasteiger partial charge in [0.1, 0.15) is 5.82 Å². The molecule has 0 saturated heterocycles. The zero-order valence-corrected chi connectivity index (χ0v) is 14.1. The minimum atomic E-state index is -0.299. The lowest BCUT2D eigenvalue weighted by Crippen LogP contribution is -2.12. The average molecular weight is 358 g/mol. The Morgan fingerprint density at radius 3 is 2.74 bits per heavy atom. The molecule has 27 heavy (non-hydrogen) atoms. The second kappa shape index (κ2) is 7.06. The summed E-state index contributed by atoms with van der Waals surface area (Å²) in [5.74, 6) is 1.68. The van der Waals surface area contributed by atoms with Crippen LogP contribution in [0.3, 0.4) is 0 Å². The summed E-state index contributed by atoms with van der Waals surface area (Å²) in [6.45, 7) is 0.220. The maximum absolute atomic E-state index is 12.3. The van der Waals surface area contributed by atoms with Crippen LogP contribution < -0.4 is 20.1 Å². The van der Waals surface area contributed by atoms with Gasteiger partial charge in [-0.15, -0.1) is 0 Å². The maximum atomic E-state index is 12.3. The Labute approximate surface area is 155 Å². The third kappa shape index (κ3) is 3.65. The van der Waals surface area contributed by atoms with E-state index >= 15 is 0 Å². The van der Waals surface area contributed by atoms with Crippen molar-refractivity contribution < 1.29 is 14.3 Å². The first-order chi connectivity index (χ1) is 13.2. The van der Waals surface area contributed by atoms with Gasteiger partial charge in [0, 0.05) is 23.6 Å². The molecule has 0 aliphatic carbocycles. The highest BCUT2D eigenvalue weighted by Crippen LogP contribution is 2.34. The number of amides is 1. The molecule has 3 aromatic rings. The molecule has 2 aromatic carbocycles. The third-order valence-electron chi connectivity index (χ3n) is 3.92. The molecule has 1 aliphatic rings. The summed E-state index contributed by atoms with van der Waals surface area (Å²) in [6, 6.07) is 17.7. The molecular formula is C20H14N4O3. The van der Waals surface area contributed by atoms with Gasteiger partial charge in [0.15, 0.2) is 11.5 Å². The number of carbonyl (C=O) groups is 1. The molecule has 132 valence electrons. The number of fused-ring (bicyclic) bond motifs is 1. The Bertz CT molecular complexity index is 1040. The molecule has 0 unspecified atom stereocenters. The van der Waals surface area contributed by atoms with Gasteiger partial charge >= 0.3 is 0 Å². The molecule has 0 radical (unpaired) electrons. The lowest BCUT2D eigenvalue weighted by molar-refractivity contribution is 0.102. The van der Waals surface area contributed by atoms with E-state index in [1.807, 2.05) is 24.3 Å². The lowest BCUT2D eigenvalue weighted by atomic mass is 10.2. The largest absolute Gasteiger partial charge is 0.454 e. The van der Waals surface area contributed by atoms with Crippen molar-refractivity contribution in [3.8, 4) is 17.6 Å². The Hall–Kier alpha value is -4.05. The predicted molar refractivity (Wildman–Crippen MR) is 99.2 cm³/mol. The predicted octanol–water partition coefficient (Wildman–Crippen LogP) is 3.68. The summed E-state index contributed by atoms with van der Waals surface area (Å²) in [4.78, 5) is 16.6. The fraction of sp³-hybridized carbons (Fsp3) is 0.0500. The van der Waals surface area contributed by atoms with Gasteiger partial charge in [-0.05, 0) is 42.5 Å². The van der Waals surface area contributed by atoms with E-state index in [2.05, 4.69) is 15.6 Å². The number of hydrogen-bond acceptors (Lipinski definition) is 6. The minimum absolute atomic E-state index is 0.220. The fourth-order valence-corrected chi connectivity index (χ4v) is 2.59. The number of aromatic nitrogens is 1. The van der Waals surface area contributed by atoms with Gasteiger partial charge in [0.25, 0.3) is 5.91 Å². The molecule has 2 heterocycles. The van der Waals surface area contributed by atoms with Crippen LogP contribution in [-0.2, 0) is 0 Å². The number of nitrogens with one attached hydrogen (secondary N) is 2. The summed E-state index contributed by atoms with van der Waals surface area (Å²) in [6.07, 6.45) is 1.48. The summed E-state index contributed by atoms with van der Waals surface area (Å²) >= 11 is 0. The summed E-state index contributed by atoms with van der Waals surface area (Å²) < 4.78 is 10.6. The number of pyridine rings is 1. The highest BCUT2D eigenvalue weighted by molar-refractivity contribution is 6.04. The molecule has 1 amide bonds. The molecule has 0 atom stereocenters.